The van der Waals surface area contributed by atoms with Crippen LogP contribution in [0.4, 0.5) is 0 Å². The first-order valence-electron chi connectivity index (χ1n) is 9.30. The largest absolute Gasteiger partial charge is 0.389 e. The van der Waals surface area contributed by atoms with E-state index in [2.05, 4.69) is 13.0 Å². The third kappa shape index (κ3) is 1.68. The van der Waals surface area contributed by atoms with Crippen molar-refractivity contribution in [3.63, 3.8) is 0 Å². The number of fused-ring (bicyclic) bond motifs is 5. The number of aliphatic hydroxyl groups is 2. The molecule has 4 aliphatic carbocycles. The monoisotopic (exact) mass is 329 g/mol. The van der Waals surface area contributed by atoms with Crippen molar-refractivity contribution in [3.8, 4) is 6.07 Å². The molecule has 0 heterocycles. The molecule has 4 aliphatic rings. The van der Waals surface area contributed by atoms with Crippen LogP contribution in [0.25, 0.3) is 0 Å². The summed E-state index contributed by atoms with van der Waals surface area (Å²) >= 11 is 0. The fraction of sp³-hybridized carbons (Fsp3) is 0.800. The summed E-state index contributed by atoms with van der Waals surface area (Å²) in [6.07, 6.45) is 7.32. The van der Waals surface area contributed by atoms with Crippen molar-refractivity contribution in [1.82, 2.24) is 0 Å². The number of hydrogen-bond donors (Lipinski definition) is 2. The fourth-order valence-corrected chi connectivity index (χ4v) is 6.70. The Morgan fingerprint density at radius 1 is 1.08 bits per heavy atom. The first-order chi connectivity index (χ1) is 11.2. The number of carbonyl (C=O) groups excluding carboxylic acids is 1. The summed E-state index contributed by atoms with van der Waals surface area (Å²) < 4.78 is 0. The number of carbonyl (C=O) groups is 1. The minimum Gasteiger partial charge on any atom is -0.389 e. The molecule has 0 amide bonds. The number of rotatable bonds is 0. The van der Waals surface area contributed by atoms with Gasteiger partial charge in [-0.25, -0.2) is 0 Å². The zero-order valence-corrected chi connectivity index (χ0v) is 14.6. The van der Waals surface area contributed by atoms with Gasteiger partial charge in [0, 0.05) is 17.3 Å². The van der Waals surface area contributed by atoms with Gasteiger partial charge in [0.25, 0.3) is 0 Å². The van der Waals surface area contributed by atoms with E-state index in [1.165, 1.54) is 0 Å². The molecule has 0 aromatic heterocycles. The second-order valence-electron chi connectivity index (χ2n) is 9.07. The molecule has 24 heavy (non-hydrogen) atoms. The second-order valence-corrected chi connectivity index (χ2v) is 9.07. The maximum absolute atomic E-state index is 11.9. The van der Waals surface area contributed by atoms with E-state index in [4.69, 9.17) is 0 Å². The molecular weight excluding hydrogens is 302 g/mol. The smallest absolute Gasteiger partial charge is 0.156 e. The normalized spacial score (nSPS) is 53.5. The fourth-order valence-electron chi connectivity index (χ4n) is 6.70. The summed E-state index contributed by atoms with van der Waals surface area (Å²) in [5.41, 5.74) is -1.73. The Labute approximate surface area is 143 Å². The topological polar surface area (TPSA) is 81.3 Å². The maximum Gasteiger partial charge on any atom is 0.156 e. The van der Waals surface area contributed by atoms with E-state index in [9.17, 15) is 20.3 Å². The average Bonchev–Trinajstić information content (AvgIpc) is 2.82. The summed E-state index contributed by atoms with van der Waals surface area (Å²) in [7, 11) is 0. The van der Waals surface area contributed by atoms with Gasteiger partial charge in [0.2, 0.25) is 0 Å². The molecule has 2 unspecified atom stereocenters. The Morgan fingerprint density at radius 2 is 1.83 bits per heavy atom. The SMILES string of the molecule is C[C@]12CCC(=O)C=C1CCC1C3CC[C@](O)(C#N)[C@@]3(C)CC[C@@]12O. The van der Waals surface area contributed by atoms with Crippen LogP contribution in [0.5, 0.6) is 0 Å². The van der Waals surface area contributed by atoms with Gasteiger partial charge in [-0.2, -0.15) is 5.26 Å². The predicted molar refractivity (Wildman–Crippen MR) is 88.7 cm³/mol. The summed E-state index contributed by atoms with van der Waals surface area (Å²) in [5, 5.41) is 32.2. The Balaban J connectivity index is 1.77. The Hall–Kier alpha value is -1.18. The van der Waals surface area contributed by atoms with Crippen LogP contribution >= 0.6 is 0 Å². The van der Waals surface area contributed by atoms with Crippen LogP contribution in [0.15, 0.2) is 11.6 Å². The molecule has 0 aromatic carbocycles. The molecule has 3 fully saturated rings. The molecule has 0 aliphatic heterocycles. The number of ketones is 1. The molecule has 4 heteroatoms. The minimum atomic E-state index is -1.27. The van der Waals surface area contributed by atoms with Gasteiger partial charge in [0.05, 0.1) is 11.7 Å². The highest BCUT2D eigenvalue weighted by atomic mass is 16.3. The van der Waals surface area contributed by atoms with Crippen molar-refractivity contribution in [3.05, 3.63) is 11.6 Å². The predicted octanol–water partition coefficient (Wildman–Crippen LogP) is 2.89. The van der Waals surface area contributed by atoms with Gasteiger partial charge in [0.15, 0.2) is 11.4 Å². The molecule has 0 radical (unpaired) electrons. The van der Waals surface area contributed by atoms with Crippen LogP contribution in [-0.2, 0) is 4.79 Å². The highest BCUT2D eigenvalue weighted by Crippen LogP contribution is 2.68. The molecule has 3 saturated carbocycles. The lowest BCUT2D eigenvalue weighted by molar-refractivity contribution is -0.202. The Kier molecular flexibility index (Phi) is 3.20. The summed E-state index contributed by atoms with van der Waals surface area (Å²) in [5.74, 6) is 0.468. The van der Waals surface area contributed by atoms with Gasteiger partial charge < -0.3 is 10.2 Å². The number of nitriles is 1. The summed E-state index contributed by atoms with van der Waals surface area (Å²) in [4.78, 5) is 11.9. The van der Waals surface area contributed by atoms with Crippen LogP contribution in [-0.4, -0.2) is 27.2 Å². The van der Waals surface area contributed by atoms with E-state index in [-0.39, 0.29) is 23.0 Å². The van der Waals surface area contributed by atoms with Crippen LogP contribution in [0.1, 0.15) is 65.2 Å². The molecule has 4 rings (SSSR count). The van der Waals surface area contributed by atoms with Crippen LogP contribution in [0.2, 0.25) is 0 Å². The molecule has 130 valence electrons. The first kappa shape index (κ1) is 16.3. The zero-order valence-electron chi connectivity index (χ0n) is 14.6. The van der Waals surface area contributed by atoms with E-state index >= 15 is 0 Å². The lowest BCUT2D eigenvalue weighted by Gasteiger charge is -2.63. The van der Waals surface area contributed by atoms with Crippen molar-refractivity contribution in [2.24, 2.45) is 22.7 Å². The average molecular weight is 329 g/mol. The first-order valence-corrected chi connectivity index (χ1v) is 9.30. The zero-order chi connectivity index (χ0) is 17.4. The molecule has 0 saturated heterocycles. The second kappa shape index (κ2) is 4.71. The highest BCUT2D eigenvalue weighted by molar-refractivity contribution is 5.91. The van der Waals surface area contributed by atoms with Gasteiger partial charge >= 0.3 is 0 Å². The van der Waals surface area contributed by atoms with E-state index in [0.29, 0.717) is 25.7 Å². The van der Waals surface area contributed by atoms with Crippen molar-refractivity contribution in [2.75, 3.05) is 0 Å². The molecule has 6 atom stereocenters. The highest BCUT2D eigenvalue weighted by Gasteiger charge is 2.69. The third-order valence-corrected chi connectivity index (χ3v) is 8.49. The summed E-state index contributed by atoms with van der Waals surface area (Å²) in [6, 6.07) is 2.18. The molecule has 2 N–H and O–H groups in total. The summed E-state index contributed by atoms with van der Waals surface area (Å²) in [6.45, 7) is 4.18. The van der Waals surface area contributed by atoms with E-state index in [1.807, 2.05) is 6.92 Å². The van der Waals surface area contributed by atoms with E-state index in [0.717, 1.165) is 31.3 Å². The van der Waals surface area contributed by atoms with Gasteiger partial charge in [0.1, 0.15) is 0 Å². The number of nitrogens with zero attached hydrogens (tertiary/aromatic N) is 1. The minimum absolute atomic E-state index is 0.106. The van der Waals surface area contributed by atoms with Crippen molar-refractivity contribution in [2.45, 2.75) is 76.4 Å². The Morgan fingerprint density at radius 3 is 2.54 bits per heavy atom. The van der Waals surface area contributed by atoms with Crippen LogP contribution in [0.3, 0.4) is 0 Å². The van der Waals surface area contributed by atoms with Crippen molar-refractivity contribution >= 4 is 5.78 Å². The Bertz CT molecular complexity index is 679. The lowest BCUT2D eigenvalue weighted by Crippen LogP contribution is -2.64. The van der Waals surface area contributed by atoms with E-state index in [1.54, 1.807) is 6.08 Å². The number of hydrogen-bond acceptors (Lipinski definition) is 4. The van der Waals surface area contributed by atoms with Gasteiger partial charge in [-0.1, -0.05) is 19.4 Å². The van der Waals surface area contributed by atoms with Crippen LogP contribution < -0.4 is 0 Å². The van der Waals surface area contributed by atoms with Gasteiger partial charge in [-0.15, -0.1) is 0 Å². The maximum atomic E-state index is 11.9. The lowest BCUT2D eigenvalue weighted by atomic mass is 9.44. The molecular formula is C20H27NO3. The van der Waals surface area contributed by atoms with E-state index < -0.39 is 16.6 Å². The quantitative estimate of drug-likeness (QED) is 0.670. The van der Waals surface area contributed by atoms with Crippen molar-refractivity contribution in [1.29, 1.82) is 5.26 Å². The molecule has 0 bridgehead atoms. The van der Waals surface area contributed by atoms with Crippen LogP contribution in [0, 0.1) is 34.0 Å². The standard InChI is InChI=1S/C20H27NO3/c1-17-7-5-14(22)11-13(17)3-4-16-15-6-8-19(23,12-21)18(15,2)9-10-20(16,17)24/h11,15-16,23-24H,3-10H2,1-2H3/t15?,16?,17-,18-,19-,20+/m0/s1. The van der Waals surface area contributed by atoms with Crippen molar-refractivity contribution < 1.29 is 15.0 Å². The van der Waals surface area contributed by atoms with Gasteiger partial charge in [-0.3, -0.25) is 4.79 Å². The molecule has 0 aromatic rings. The molecule has 0 spiro atoms. The molecule has 4 nitrogen and oxygen atoms in total. The third-order valence-electron chi connectivity index (χ3n) is 8.49. The van der Waals surface area contributed by atoms with Gasteiger partial charge in [-0.05, 0) is 62.9 Å².